The van der Waals surface area contributed by atoms with E-state index in [-0.39, 0.29) is 18.0 Å². The summed E-state index contributed by atoms with van der Waals surface area (Å²) in [5.41, 5.74) is 1.02. The Morgan fingerprint density at radius 1 is 1.25 bits per heavy atom. The first-order valence-corrected chi connectivity index (χ1v) is 7.75. The summed E-state index contributed by atoms with van der Waals surface area (Å²) in [6.45, 7) is 0.511. The van der Waals surface area contributed by atoms with Crippen molar-refractivity contribution in [1.29, 1.82) is 0 Å². The summed E-state index contributed by atoms with van der Waals surface area (Å²) in [5.74, 6) is 0.583. The Balaban J connectivity index is 1.89. The van der Waals surface area contributed by atoms with E-state index in [1.54, 1.807) is 12.0 Å². The number of fused-ring (bicyclic) bond motifs is 1. The standard InChI is InChI=1S/C17H19N3O4/c1-18-15(21)7-9-19(17(18)23)11-16(22)20-8-3-4-12-10-13(24-2)5-6-14(12)20/h5-7,9-10H,3-4,8,11H2,1-2H3. The van der Waals surface area contributed by atoms with Crippen LogP contribution < -0.4 is 20.9 Å². The number of benzene rings is 1. The van der Waals surface area contributed by atoms with Gasteiger partial charge in [0.15, 0.2) is 0 Å². The number of carbonyl (C=O) groups excluding carboxylic acids is 1. The van der Waals surface area contributed by atoms with E-state index >= 15 is 0 Å². The van der Waals surface area contributed by atoms with Gasteiger partial charge >= 0.3 is 5.69 Å². The predicted octanol–water partition coefficient (Wildman–Crippen LogP) is 0.535. The average molecular weight is 329 g/mol. The first-order valence-electron chi connectivity index (χ1n) is 7.75. The molecule has 2 aromatic rings. The van der Waals surface area contributed by atoms with Gasteiger partial charge in [-0.15, -0.1) is 0 Å². The van der Waals surface area contributed by atoms with Gasteiger partial charge in [-0.3, -0.25) is 18.7 Å². The number of aromatic nitrogens is 2. The SMILES string of the molecule is COc1ccc2c(c1)CCCN2C(=O)Cn1ccc(=O)n(C)c1=O. The smallest absolute Gasteiger partial charge is 0.331 e. The third-order valence-corrected chi connectivity index (χ3v) is 4.27. The Kier molecular flexibility index (Phi) is 4.24. The van der Waals surface area contributed by atoms with Crippen molar-refractivity contribution in [2.75, 3.05) is 18.6 Å². The summed E-state index contributed by atoms with van der Waals surface area (Å²) in [6.07, 6.45) is 3.10. The molecule has 7 nitrogen and oxygen atoms in total. The Hall–Kier alpha value is -2.83. The van der Waals surface area contributed by atoms with Gasteiger partial charge in [-0.2, -0.15) is 0 Å². The molecule has 0 atom stereocenters. The third kappa shape index (κ3) is 2.84. The molecule has 0 N–H and O–H groups in total. The van der Waals surface area contributed by atoms with Gasteiger partial charge in [-0.05, 0) is 36.6 Å². The van der Waals surface area contributed by atoms with Crippen molar-refractivity contribution in [3.05, 3.63) is 56.9 Å². The molecule has 7 heteroatoms. The van der Waals surface area contributed by atoms with Crippen molar-refractivity contribution in [1.82, 2.24) is 9.13 Å². The van der Waals surface area contributed by atoms with E-state index in [0.29, 0.717) is 6.54 Å². The lowest BCUT2D eigenvalue weighted by molar-refractivity contribution is -0.119. The van der Waals surface area contributed by atoms with Crippen LogP contribution in [0.3, 0.4) is 0 Å². The van der Waals surface area contributed by atoms with Gasteiger partial charge in [0.25, 0.3) is 5.56 Å². The Bertz CT molecular complexity index is 897. The molecule has 1 amide bonds. The number of ether oxygens (including phenoxy) is 1. The van der Waals surface area contributed by atoms with Crippen LogP contribution in [-0.2, 0) is 24.8 Å². The van der Waals surface area contributed by atoms with Crippen LogP contribution >= 0.6 is 0 Å². The summed E-state index contributed by atoms with van der Waals surface area (Å²) in [6, 6.07) is 6.91. The molecular weight excluding hydrogens is 310 g/mol. The number of amides is 1. The molecule has 2 heterocycles. The summed E-state index contributed by atoms with van der Waals surface area (Å²) < 4.78 is 7.47. The normalized spacial score (nSPS) is 13.5. The molecule has 0 unspecified atom stereocenters. The van der Waals surface area contributed by atoms with Gasteiger partial charge in [0.1, 0.15) is 12.3 Å². The van der Waals surface area contributed by atoms with Gasteiger partial charge in [0, 0.05) is 31.5 Å². The number of methoxy groups -OCH3 is 1. The highest BCUT2D eigenvalue weighted by Gasteiger charge is 2.23. The lowest BCUT2D eigenvalue weighted by Crippen LogP contribution is -2.43. The molecule has 0 saturated carbocycles. The zero-order valence-electron chi connectivity index (χ0n) is 13.7. The zero-order valence-corrected chi connectivity index (χ0v) is 13.7. The fourth-order valence-electron chi connectivity index (χ4n) is 2.93. The van der Waals surface area contributed by atoms with E-state index in [4.69, 9.17) is 4.74 Å². The quantitative estimate of drug-likeness (QED) is 0.824. The number of hydrogen-bond donors (Lipinski definition) is 0. The highest BCUT2D eigenvalue weighted by atomic mass is 16.5. The van der Waals surface area contributed by atoms with E-state index in [1.807, 2.05) is 18.2 Å². The molecule has 0 fully saturated rings. The molecule has 0 saturated heterocycles. The van der Waals surface area contributed by atoms with Crippen LogP contribution in [0.15, 0.2) is 40.1 Å². The molecule has 1 aromatic carbocycles. The van der Waals surface area contributed by atoms with Crippen LogP contribution in [0.4, 0.5) is 5.69 Å². The van der Waals surface area contributed by atoms with Gasteiger partial charge in [0.05, 0.1) is 7.11 Å². The fraction of sp³-hybridized carbons (Fsp3) is 0.353. The van der Waals surface area contributed by atoms with Crippen molar-refractivity contribution in [3.8, 4) is 5.75 Å². The zero-order chi connectivity index (χ0) is 17.3. The minimum atomic E-state index is -0.497. The van der Waals surface area contributed by atoms with Crippen molar-refractivity contribution < 1.29 is 9.53 Å². The average Bonchev–Trinajstić information content (AvgIpc) is 2.61. The summed E-state index contributed by atoms with van der Waals surface area (Å²) in [5, 5.41) is 0. The fourth-order valence-corrected chi connectivity index (χ4v) is 2.93. The second-order valence-electron chi connectivity index (χ2n) is 5.77. The van der Waals surface area contributed by atoms with Crippen LogP contribution in [0, 0.1) is 0 Å². The molecule has 24 heavy (non-hydrogen) atoms. The maximum absolute atomic E-state index is 12.7. The molecular formula is C17H19N3O4. The Labute approximate surface area is 138 Å². The topological polar surface area (TPSA) is 73.5 Å². The monoisotopic (exact) mass is 329 g/mol. The van der Waals surface area contributed by atoms with E-state index in [0.717, 1.165) is 34.4 Å². The minimum absolute atomic E-state index is 0.0988. The molecule has 0 bridgehead atoms. The van der Waals surface area contributed by atoms with Crippen molar-refractivity contribution >= 4 is 11.6 Å². The number of rotatable bonds is 3. The van der Waals surface area contributed by atoms with Gasteiger partial charge in [0.2, 0.25) is 5.91 Å². The lowest BCUT2D eigenvalue weighted by atomic mass is 10.0. The van der Waals surface area contributed by atoms with Gasteiger partial charge in [-0.1, -0.05) is 0 Å². The highest BCUT2D eigenvalue weighted by molar-refractivity contribution is 5.94. The lowest BCUT2D eigenvalue weighted by Gasteiger charge is -2.30. The molecule has 1 aromatic heterocycles. The molecule has 1 aliphatic rings. The van der Waals surface area contributed by atoms with Gasteiger partial charge in [-0.25, -0.2) is 4.79 Å². The highest BCUT2D eigenvalue weighted by Crippen LogP contribution is 2.30. The van der Waals surface area contributed by atoms with Crippen LogP contribution in [0.1, 0.15) is 12.0 Å². The van der Waals surface area contributed by atoms with Crippen molar-refractivity contribution in [2.45, 2.75) is 19.4 Å². The summed E-state index contributed by atoms with van der Waals surface area (Å²) in [7, 11) is 3.01. The molecule has 126 valence electrons. The van der Waals surface area contributed by atoms with E-state index in [2.05, 4.69) is 0 Å². The second kappa shape index (κ2) is 6.35. The van der Waals surface area contributed by atoms with Crippen LogP contribution in [0.5, 0.6) is 5.75 Å². The number of nitrogens with zero attached hydrogens (tertiary/aromatic N) is 3. The second-order valence-corrected chi connectivity index (χ2v) is 5.77. The van der Waals surface area contributed by atoms with Crippen LogP contribution in [0.2, 0.25) is 0 Å². The first kappa shape index (κ1) is 16.0. The largest absolute Gasteiger partial charge is 0.497 e. The van der Waals surface area contributed by atoms with Crippen molar-refractivity contribution in [2.24, 2.45) is 7.05 Å². The maximum atomic E-state index is 12.7. The number of anilines is 1. The number of hydrogen-bond acceptors (Lipinski definition) is 4. The first-order chi connectivity index (χ1) is 11.5. The van der Waals surface area contributed by atoms with E-state index in [1.165, 1.54) is 23.9 Å². The number of aryl methyl sites for hydroxylation is 1. The van der Waals surface area contributed by atoms with E-state index < -0.39 is 5.69 Å². The predicted molar refractivity (Wildman–Crippen MR) is 89.6 cm³/mol. The molecule has 0 radical (unpaired) electrons. The molecule has 3 rings (SSSR count). The van der Waals surface area contributed by atoms with Crippen LogP contribution in [-0.4, -0.2) is 28.7 Å². The molecule has 1 aliphatic heterocycles. The minimum Gasteiger partial charge on any atom is -0.497 e. The molecule has 0 aliphatic carbocycles. The maximum Gasteiger partial charge on any atom is 0.331 e. The van der Waals surface area contributed by atoms with Crippen LogP contribution in [0.25, 0.3) is 0 Å². The summed E-state index contributed by atoms with van der Waals surface area (Å²) >= 11 is 0. The van der Waals surface area contributed by atoms with E-state index in [9.17, 15) is 14.4 Å². The number of carbonyl (C=O) groups is 1. The van der Waals surface area contributed by atoms with Crippen molar-refractivity contribution in [3.63, 3.8) is 0 Å². The van der Waals surface area contributed by atoms with Gasteiger partial charge < -0.3 is 9.64 Å². The Morgan fingerprint density at radius 3 is 2.79 bits per heavy atom. The Morgan fingerprint density at radius 2 is 2.04 bits per heavy atom. The third-order valence-electron chi connectivity index (χ3n) is 4.27. The summed E-state index contributed by atoms with van der Waals surface area (Å²) in [4.78, 5) is 37.9. The molecule has 0 spiro atoms.